The monoisotopic (exact) mass is 165 g/mol. The molecular weight excluding hydrogens is 154 g/mol. The van der Waals surface area contributed by atoms with Gasteiger partial charge in [-0.2, -0.15) is 0 Å². The van der Waals surface area contributed by atoms with Crippen LogP contribution in [0.3, 0.4) is 0 Å². The molecule has 0 saturated carbocycles. The molecule has 0 amide bonds. The van der Waals surface area contributed by atoms with Crippen molar-refractivity contribution >= 4 is 11.3 Å². The van der Waals surface area contributed by atoms with Crippen molar-refractivity contribution < 1.29 is 0 Å². The first-order chi connectivity index (χ1) is 5.47. The van der Waals surface area contributed by atoms with E-state index in [1.807, 2.05) is 11.3 Å². The highest BCUT2D eigenvalue weighted by Gasteiger charge is 2.09. The van der Waals surface area contributed by atoms with Gasteiger partial charge < -0.3 is 5.32 Å². The summed E-state index contributed by atoms with van der Waals surface area (Å²) < 4.78 is 0. The lowest BCUT2D eigenvalue weighted by Gasteiger charge is -2.16. The molecule has 0 radical (unpaired) electrons. The zero-order valence-electron chi connectivity index (χ0n) is 6.29. The third-order valence-corrected chi connectivity index (χ3v) is 2.81. The maximum absolute atomic E-state index is 3.45. The van der Waals surface area contributed by atoms with Gasteiger partial charge in [0.1, 0.15) is 0 Å². The molecule has 2 heterocycles. The van der Waals surface area contributed by atoms with Crippen molar-refractivity contribution in [2.75, 3.05) is 6.54 Å². The first-order valence-corrected chi connectivity index (χ1v) is 4.78. The average Bonchev–Trinajstić information content (AvgIpc) is 2.58. The molecule has 1 atom stereocenters. The Morgan fingerprint density at radius 2 is 2.55 bits per heavy atom. The van der Waals surface area contributed by atoms with Crippen LogP contribution in [-0.4, -0.2) is 6.54 Å². The van der Waals surface area contributed by atoms with Gasteiger partial charge in [0.05, 0.1) is 6.04 Å². The minimum absolute atomic E-state index is 0.476. The molecule has 1 aromatic heterocycles. The van der Waals surface area contributed by atoms with E-state index in [9.17, 15) is 0 Å². The van der Waals surface area contributed by atoms with Gasteiger partial charge in [-0.05, 0) is 24.4 Å². The number of rotatable bonds is 1. The van der Waals surface area contributed by atoms with E-state index in [1.165, 1.54) is 11.3 Å². The van der Waals surface area contributed by atoms with Gasteiger partial charge in [-0.3, -0.25) is 0 Å². The Hall–Kier alpha value is -0.600. The van der Waals surface area contributed by atoms with Crippen LogP contribution in [0.2, 0.25) is 0 Å². The third kappa shape index (κ3) is 1.52. The van der Waals surface area contributed by atoms with Gasteiger partial charge in [0.15, 0.2) is 0 Å². The fourth-order valence-corrected chi connectivity index (χ4v) is 2.07. The fourth-order valence-electron chi connectivity index (χ4n) is 1.29. The van der Waals surface area contributed by atoms with Crippen molar-refractivity contribution in [3.8, 4) is 0 Å². The molecule has 58 valence electrons. The second kappa shape index (κ2) is 3.20. The molecule has 0 aliphatic carbocycles. The van der Waals surface area contributed by atoms with Gasteiger partial charge in [-0.15, -0.1) is 11.3 Å². The third-order valence-electron chi connectivity index (χ3n) is 1.85. The summed E-state index contributed by atoms with van der Waals surface area (Å²) in [6.07, 6.45) is 5.66. The quantitative estimate of drug-likeness (QED) is 0.630. The van der Waals surface area contributed by atoms with Crippen molar-refractivity contribution in [3.63, 3.8) is 0 Å². The number of hydrogen-bond acceptors (Lipinski definition) is 2. The molecule has 2 rings (SSSR count). The molecule has 0 fully saturated rings. The average molecular weight is 165 g/mol. The van der Waals surface area contributed by atoms with Crippen molar-refractivity contribution in [2.24, 2.45) is 0 Å². The van der Waals surface area contributed by atoms with Gasteiger partial charge in [-0.1, -0.05) is 18.2 Å². The molecule has 1 aliphatic heterocycles. The van der Waals surface area contributed by atoms with Crippen molar-refractivity contribution in [3.05, 3.63) is 34.5 Å². The largest absolute Gasteiger partial charge is 0.306 e. The van der Waals surface area contributed by atoms with E-state index in [0.717, 1.165) is 6.54 Å². The summed E-state index contributed by atoms with van der Waals surface area (Å²) in [5, 5.41) is 5.57. The topological polar surface area (TPSA) is 12.0 Å². The minimum Gasteiger partial charge on any atom is -0.306 e. The normalized spacial score (nSPS) is 23.8. The lowest BCUT2D eigenvalue weighted by Crippen LogP contribution is -2.22. The Balaban J connectivity index is 2.16. The predicted octanol–water partition coefficient (Wildman–Crippen LogP) is 2.34. The molecule has 1 N–H and O–H groups in total. The Morgan fingerprint density at radius 1 is 1.55 bits per heavy atom. The van der Waals surface area contributed by atoms with Crippen LogP contribution < -0.4 is 5.32 Å². The van der Waals surface area contributed by atoms with Crippen molar-refractivity contribution in [2.45, 2.75) is 12.5 Å². The van der Waals surface area contributed by atoms with E-state index >= 15 is 0 Å². The summed E-state index contributed by atoms with van der Waals surface area (Å²) in [6, 6.07) is 4.76. The van der Waals surface area contributed by atoms with Gasteiger partial charge in [0, 0.05) is 4.88 Å². The molecular formula is C9H11NS. The zero-order chi connectivity index (χ0) is 7.52. The Morgan fingerprint density at radius 3 is 3.18 bits per heavy atom. The van der Waals surface area contributed by atoms with Crippen LogP contribution in [0, 0.1) is 0 Å². The van der Waals surface area contributed by atoms with Crippen LogP contribution in [0.4, 0.5) is 0 Å². The molecule has 0 aromatic carbocycles. The molecule has 0 spiro atoms. The highest BCUT2D eigenvalue weighted by Crippen LogP contribution is 2.21. The second-order valence-electron chi connectivity index (χ2n) is 2.66. The molecule has 11 heavy (non-hydrogen) atoms. The van der Waals surface area contributed by atoms with E-state index in [4.69, 9.17) is 0 Å². The van der Waals surface area contributed by atoms with Crippen LogP contribution in [0.1, 0.15) is 17.3 Å². The fraction of sp³-hybridized carbons (Fsp3) is 0.333. The van der Waals surface area contributed by atoms with E-state index in [2.05, 4.69) is 35.0 Å². The van der Waals surface area contributed by atoms with Crippen LogP contribution in [0.15, 0.2) is 29.7 Å². The summed E-state index contributed by atoms with van der Waals surface area (Å²) in [6.45, 7) is 1.11. The standard InChI is InChI=1S/C9H11NS/c1-2-6-10-8(4-1)9-5-3-7-11-9/h1,3-5,7-8,10H,2,6H2. The molecule has 2 heteroatoms. The summed E-state index contributed by atoms with van der Waals surface area (Å²) in [7, 11) is 0. The molecule has 0 saturated heterocycles. The lowest BCUT2D eigenvalue weighted by molar-refractivity contribution is 0.608. The number of nitrogens with one attached hydrogen (secondary N) is 1. The SMILES string of the molecule is C1=CC(c2cccs2)NCC1. The summed E-state index contributed by atoms with van der Waals surface area (Å²) >= 11 is 1.82. The van der Waals surface area contributed by atoms with Gasteiger partial charge in [0.25, 0.3) is 0 Å². The second-order valence-corrected chi connectivity index (χ2v) is 3.64. The van der Waals surface area contributed by atoms with E-state index < -0.39 is 0 Å². The minimum atomic E-state index is 0.476. The van der Waals surface area contributed by atoms with Gasteiger partial charge in [0.2, 0.25) is 0 Å². The van der Waals surface area contributed by atoms with E-state index in [0.29, 0.717) is 6.04 Å². The summed E-state index contributed by atoms with van der Waals surface area (Å²) in [5.74, 6) is 0. The van der Waals surface area contributed by atoms with E-state index in [1.54, 1.807) is 0 Å². The maximum Gasteiger partial charge on any atom is 0.0600 e. The molecule has 1 nitrogen and oxygen atoms in total. The maximum atomic E-state index is 3.45. The number of hydrogen-bond donors (Lipinski definition) is 1. The Kier molecular flexibility index (Phi) is 2.06. The smallest absolute Gasteiger partial charge is 0.0600 e. The predicted molar refractivity (Wildman–Crippen MR) is 48.8 cm³/mol. The van der Waals surface area contributed by atoms with Crippen LogP contribution in [0.5, 0.6) is 0 Å². The first-order valence-electron chi connectivity index (χ1n) is 3.90. The van der Waals surface area contributed by atoms with E-state index in [-0.39, 0.29) is 0 Å². The lowest BCUT2D eigenvalue weighted by atomic mass is 10.1. The zero-order valence-corrected chi connectivity index (χ0v) is 7.10. The highest BCUT2D eigenvalue weighted by atomic mass is 32.1. The summed E-state index contributed by atoms with van der Waals surface area (Å²) in [5.41, 5.74) is 0. The van der Waals surface area contributed by atoms with Crippen molar-refractivity contribution in [1.82, 2.24) is 5.32 Å². The molecule has 0 bridgehead atoms. The first kappa shape index (κ1) is 7.07. The van der Waals surface area contributed by atoms with Crippen LogP contribution in [0.25, 0.3) is 0 Å². The Labute approximate surface area is 70.8 Å². The Bertz CT molecular complexity index is 238. The summed E-state index contributed by atoms with van der Waals surface area (Å²) in [4.78, 5) is 1.42. The van der Waals surface area contributed by atoms with Gasteiger partial charge in [-0.25, -0.2) is 0 Å². The molecule has 1 aromatic rings. The molecule has 1 unspecified atom stereocenters. The van der Waals surface area contributed by atoms with Crippen molar-refractivity contribution in [1.29, 1.82) is 0 Å². The van der Waals surface area contributed by atoms with Crippen LogP contribution in [-0.2, 0) is 0 Å². The highest BCUT2D eigenvalue weighted by molar-refractivity contribution is 7.10. The number of thiophene rings is 1. The van der Waals surface area contributed by atoms with Crippen LogP contribution >= 0.6 is 11.3 Å². The molecule has 1 aliphatic rings. The van der Waals surface area contributed by atoms with Gasteiger partial charge >= 0.3 is 0 Å².